The molecule has 5 nitrogen and oxygen atoms in total. The number of hydrogen-bond donors (Lipinski definition) is 1. The molecule has 1 aromatic rings. The van der Waals surface area contributed by atoms with Gasteiger partial charge in [0.2, 0.25) is 0 Å². The molecule has 2 aliphatic rings. The van der Waals surface area contributed by atoms with E-state index in [9.17, 15) is 5.11 Å². The van der Waals surface area contributed by atoms with Crippen molar-refractivity contribution >= 4 is 5.82 Å². The molecule has 5 heteroatoms. The number of rotatable bonds is 4. The van der Waals surface area contributed by atoms with E-state index >= 15 is 0 Å². The highest BCUT2D eigenvalue weighted by Gasteiger charge is 2.37. The molecule has 3 rings (SSSR count). The van der Waals surface area contributed by atoms with Gasteiger partial charge in [-0.05, 0) is 40.3 Å². The number of aromatic nitrogens is 2. The SMILES string of the molecule is Cc1cc(N2CC[C@@](O)(CN(C)C)C2)nc(C2CC2)n1. The van der Waals surface area contributed by atoms with Crippen LogP contribution in [0.3, 0.4) is 0 Å². The Kier molecular flexibility index (Phi) is 3.42. The summed E-state index contributed by atoms with van der Waals surface area (Å²) in [7, 11) is 4.00. The van der Waals surface area contributed by atoms with Crippen LogP contribution in [0.1, 0.15) is 36.7 Å². The fourth-order valence-electron chi connectivity index (χ4n) is 3.03. The molecule has 1 N–H and O–H groups in total. The summed E-state index contributed by atoms with van der Waals surface area (Å²) in [5.74, 6) is 2.54. The lowest BCUT2D eigenvalue weighted by Crippen LogP contribution is -2.42. The first-order chi connectivity index (χ1) is 9.45. The Labute approximate surface area is 120 Å². The second kappa shape index (κ2) is 4.97. The summed E-state index contributed by atoms with van der Waals surface area (Å²) in [6.45, 7) is 4.25. The molecule has 0 aromatic carbocycles. The normalized spacial score (nSPS) is 26.6. The van der Waals surface area contributed by atoms with Crippen molar-refractivity contribution in [2.75, 3.05) is 38.6 Å². The van der Waals surface area contributed by atoms with Crippen molar-refractivity contribution in [3.05, 3.63) is 17.6 Å². The van der Waals surface area contributed by atoms with Crippen molar-refractivity contribution in [3.63, 3.8) is 0 Å². The molecule has 20 heavy (non-hydrogen) atoms. The summed E-state index contributed by atoms with van der Waals surface area (Å²) in [6, 6.07) is 2.04. The maximum atomic E-state index is 10.6. The molecule has 1 aliphatic heterocycles. The van der Waals surface area contributed by atoms with Crippen molar-refractivity contribution in [3.8, 4) is 0 Å². The van der Waals surface area contributed by atoms with E-state index in [2.05, 4.69) is 9.88 Å². The maximum Gasteiger partial charge on any atom is 0.134 e. The molecule has 1 saturated carbocycles. The van der Waals surface area contributed by atoms with Crippen LogP contribution in [0.2, 0.25) is 0 Å². The Bertz CT molecular complexity index is 501. The fraction of sp³-hybridized carbons (Fsp3) is 0.733. The lowest BCUT2D eigenvalue weighted by molar-refractivity contribution is 0.0365. The zero-order valence-corrected chi connectivity index (χ0v) is 12.6. The van der Waals surface area contributed by atoms with Crippen molar-refractivity contribution in [1.82, 2.24) is 14.9 Å². The van der Waals surface area contributed by atoms with Gasteiger partial charge in [0.15, 0.2) is 0 Å². The molecule has 1 aromatic heterocycles. The van der Waals surface area contributed by atoms with Crippen molar-refractivity contribution in [2.24, 2.45) is 0 Å². The predicted octanol–water partition coefficient (Wildman–Crippen LogP) is 1.17. The van der Waals surface area contributed by atoms with Crippen LogP contribution >= 0.6 is 0 Å². The zero-order valence-electron chi connectivity index (χ0n) is 12.6. The topological polar surface area (TPSA) is 52.5 Å². The number of β-amino-alcohol motifs (C(OH)–C–C–N with tert-alkyl or cyclic N) is 1. The van der Waals surface area contributed by atoms with E-state index in [1.807, 2.05) is 32.0 Å². The molecular formula is C15H24N4O. The molecule has 0 amide bonds. The van der Waals surface area contributed by atoms with E-state index in [0.717, 1.165) is 30.3 Å². The lowest BCUT2D eigenvalue weighted by Gasteiger charge is -2.27. The summed E-state index contributed by atoms with van der Waals surface area (Å²) >= 11 is 0. The molecule has 2 heterocycles. The smallest absolute Gasteiger partial charge is 0.134 e. The van der Waals surface area contributed by atoms with E-state index < -0.39 is 5.60 Å². The van der Waals surface area contributed by atoms with Gasteiger partial charge in [-0.15, -0.1) is 0 Å². The van der Waals surface area contributed by atoms with Crippen LogP contribution < -0.4 is 4.90 Å². The summed E-state index contributed by atoms with van der Waals surface area (Å²) in [4.78, 5) is 13.5. The number of aliphatic hydroxyl groups is 1. The van der Waals surface area contributed by atoms with Gasteiger partial charge in [0.05, 0.1) is 5.60 Å². The highest BCUT2D eigenvalue weighted by molar-refractivity contribution is 5.42. The minimum Gasteiger partial charge on any atom is -0.387 e. The summed E-state index contributed by atoms with van der Waals surface area (Å²) in [5, 5.41) is 10.6. The Balaban J connectivity index is 1.77. The average Bonchev–Trinajstić information content (AvgIpc) is 3.12. The largest absolute Gasteiger partial charge is 0.387 e. The average molecular weight is 276 g/mol. The minimum atomic E-state index is -0.623. The maximum absolute atomic E-state index is 10.6. The third kappa shape index (κ3) is 2.94. The van der Waals surface area contributed by atoms with Crippen LogP contribution in [0, 0.1) is 6.92 Å². The number of nitrogens with zero attached hydrogens (tertiary/aromatic N) is 4. The van der Waals surface area contributed by atoms with Crippen molar-refractivity contribution in [2.45, 2.75) is 37.7 Å². The van der Waals surface area contributed by atoms with Gasteiger partial charge in [-0.1, -0.05) is 0 Å². The number of hydrogen-bond acceptors (Lipinski definition) is 5. The second-order valence-electron chi connectivity index (χ2n) is 6.63. The van der Waals surface area contributed by atoms with Gasteiger partial charge in [0.25, 0.3) is 0 Å². The Morgan fingerprint density at radius 1 is 1.40 bits per heavy atom. The van der Waals surface area contributed by atoms with Crippen LogP contribution in [0.4, 0.5) is 5.82 Å². The van der Waals surface area contributed by atoms with E-state index in [0.29, 0.717) is 19.0 Å². The highest BCUT2D eigenvalue weighted by atomic mass is 16.3. The number of anilines is 1. The first-order valence-corrected chi connectivity index (χ1v) is 7.43. The van der Waals surface area contributed by atoms with E-state index in [-0.39, 0.29) is 0 Å². The standard InChI is InChI=1S/C15H24N4O/c1-11-8-13(17-14(16-11)12-4-5-12)19-7-6-15(20,10-19)9-18(2)3/h8,12,20H,4-7,9-10H2,1-3H3/t15-/m1/s1. The van der Waals surface area contributed by atoms with Crippen molar-refractivity contribution < 1.29 is 5.11 Å². The van der Waals surface area contributed by atoms with Gasteiger partial charge in [0.1, 0.15) is 11.6 Å². The van der Waals surface area contributed by atoms with Crippen LogP contribution in [0.15, 0.2) is 6.07 Å². The van der Waals surface area contributed by atoms with Crippen LogP contribution in [0.5, 0.6) is 0 Å². The second-order valence-corrected chi connectivity index (χ2v) is 6.63. The third-order valence-electron chi connectivity index (χ3n) is 4.07. The summed E-state index contributed by atoms with van der Waals surface area (Å²) in [6.07, 6.45) is 3.23. The van der Waals surface area contributed by atoms with Crippen molar-refractivity contribution in [1.29, 1.82) is 0 Å². The van der Waals surface area contributed by atoms with Gasteiger partial charge in [-0.2, -0.15) is 0 Å². The molecule has 0 bridgehead atoms. The molecule has 1 saturated heterocycles. The first-order valence-electron chi connectivity index (χ1n) is 7.43. The Morgan fingerprint density at radius 2 is 2.15 bits per heavy atom. The first kappa shape index (κ1) is 13.8. The number of likely N-dealkylation sites (N-methyl/N-ethyl adjacent to an activating group) is 1. The molecule has 1 atom stereocenters. The van der Waals surface area contributed by atoms with Crippen LogP contribution in [-0.4, -0.2) is 59.3 Å². The van der Waals surface area contributed by atoms with Crippen LogP contribution in [0.25, 0.3) is 0 Å². The molecular weight excluding hydrogens is 252 g/mol. The Morgan fingerprint density at radius 3 is 2.80 bits per heavy atom. The molecule has 2 fully saturated rings. The summed E-state index contributed by atoms with van der Waals surface area (Å²) in [5.41, 5.74) is 0.405. The Hall–Kier alpha value is -1.20. The van der Waals surface area contributed by atoms with E-state index in [1.54, 1.807) is 0 Å². The third-order valence-corrected chi connectivity index (χ3v) is 4.07. The molecule has 110 valence electrons. The van der Waals surface area contributed by atoms with Gasteiger partial charge >= 0.3 is 0 Å². The monoisotopic (exact) mass is 276 g/mol. The van der Waals surface area contributed by atoms with E-state index in [4.69, 9.17) is 4.98 Å². The molecule has 1 aliphatic carbocycles. The minimum absolute atomic E-state index is 0.567. The number of aryl methyl sites for hydroxylation is 1. The quantitative estimate of drug-likeness (QED) is 0.894. The summed E-state index contributed by atoms with van der Waals surface area (Å²) < 4.78 is 0. The molecule has 0 radical (unpaired) electrons. The highest BCUT2D eigenvalue weighted by Crippen LogP contribution is 2.39. The van der Waals surface area contributed by atoms with Gasteiger partial charge in [-0.25, -0.2) is 9.97 Å². The van der Waals surface area contributed by atoms with Gasteiger partial charge < -0.3 is 14.9 Å². The van der Waals surface area contributed by atoms with Crippen LogP contribution in [-0.2, 0) is 0 Å². The zero-order chi connectivity index (χ0) is 14.3. The van der Waals surface area contributed by atoms with Gasteiger partial charge in [0, 0.05) is 37.3 Å². The molecule has 0 unspecified atom stereocenters. The van der Waals surface area contributed by atoms with E-state index in [1.165, 1.54) is 12.8 Å². The van der Waals surface area contributed by atoms with Gasteiger partial charge in [-0.3, -0.25) is 0 Å². The predicted molar refractivity (Wildman–Crippen MR) is 79.1 cm³/mol. The lowest BCUT2D eigenvalue weighted by atomic mass is 10.0. The molecule has 0 spiro atoms. The fourth-order valence-corrected chi connectivity index (χ4v) is 3.03.